The van der Waals surface area contributed by atoms with E-state index in [0.717, 1.165) is 5.69 Å². The van der Waals surface area contributed by atoms with Gasteiger partial charge in [0.05, 0.1) is 0 Å². The summed E-state index contributed by atoms with van der Waals surface area (Å²) in [6.45, 7) is 2.03. The lowest BCUT2D eigenvalue weighted by Crippen LogP contribution is -2.13. The highest BCUT2D eigenvalue weighted by Crippen LogP contribution is 2.20. The van der Waals surface area contributed by atoms with Gasteiger partial charge in [0.25, 0.3) is 0 Å². The first-order valence-corrected chi connectivity index (χ1v) is 5.24. The van der Waals surface area contributed by atoms with Crippen LogP contribution in [0.3, 0.4) is 0 Å². The van der Waals surface area contributed by atoms with E-state index >= 15 is 0 Å². The Labute approximate surface area is 100 Å². The van der Waals surface area contributed by atoms with Gasteiger partial charge in [-0.05, 0) is 30.7 Å². The SMILES string of the molecule is Cc1cccc(N(C)c2nccc(C#N)n2)c1. The largest absolute Gasteiger partial charge is 0.314 e. The van der Waals surface area contributed by atoms with Crippen molar-refractivity contribution in [1.82, 2.24) is 9.97 Å². The molecule has 0 radical (unpaired) electrons. The molecular weight excluding hydrogens is 212 g/mol. The number of hydrogen-bond acceptors (Lipinski definition) is 4. The molecule has 0 aliphatic carbocycles. The van der Waals surface area contributed by atoms with Crippen LogP contribution in [0.5, 0.6) is 0 Å². The van der Waals surface area contributed by atoms with Crippen LogP contribution in [0.4, 0.5) is 11.6 Å². The van der Waals surface area contributed by atoms with Gasteiger partial charge in [0.2, 0.25) is 5.95 Å². The molecular formula is C13H12N4. The Morgan fingerprint density at radius 3 is 2.82 bits per heavy atom. The highest BCUT2D eigenvalue weighted by Gasteiger charge is 2.07. The average molecular weight is 224 g/mol. The number of benzene rings is 1. The van der Waals surface area contributed by atoms with Gasteiger partial charge in [-0.3, -0.25) is 0 Å². The fourth-order valence-corrected chi connectivity index (χ4v) is 1.52. The van der Waals surface area contributed by atoms with E-state index in [-0.39, 0.29) is 0 Å². The van der Waals surface area contributed by atoms with Gasteiger partial charge in [0.15, 0.2) is 0 Å². The molecule has 0 unspecified atom stereocenters. The van der Waals surface area contributed by atoms with Crippen LogP contribution in [0.2, 0.25) is 0 Å². The van der Waals surface area contributed by atoms with Gasteiger partial charge in [0, 0.05) is 18.9 Å². The highest BCUT2D eigenvalue weighted by molar-refractivity contribution is 5.57. The van der Waals surface area contributed by atoms with Crippen molar-refractivity contribution >= 4 is 11.6 Å². The van der Waals surface area contributed by atoms with Gasteiger partial charge in [-0.2, -0.15) is 5.26 Å². The first kappa shape index (κ1) is 11.1. The number of nitriles is 1. The lowest BCUT2D eigenvalue weighted by molar-refractivity contribution is 1.03. The molecule has 17 heavy (non-hydrogen) atoms. The molecule has 1 aromatic carbocycles. The molecule has 2 rings (SSSR count). The van der Waals surface area contributed by atoms with Gasteiger partial charge < -0.3 is 4.90 Å². The molecule has 1 heterocycles. The Balaban J connectivity index is 2.37. The van der Waals surface area contributed by atoms with Crippen LogP contribution in [0.15, 0.2) is 36.5 Å². The van der Waals surface area contributed by atoms with E-state index in [0.29, 0.717) is 11.6 Å². The van der Waals surface area contributed by atoms with Crippen molar-refractivity contribution in [2.45, 2.75) is 6.92 Å². The summed E-state index contributed by atoms with van der Waals surface area (Å²) in [5.41, 5.74) is 2.54. The number of rotatable bonds is 2. The zero-order valence-electron chi connectivity index (χ0n) is 9.75. The summed E-state index contributed by atoms with van der Waals surface area (Å²) in [4.78, 5) is 10.2. The van der Waals surface area contributed by atoms with Crippen LogP contribution in [0.1, 0.15) is 11.3 Å². The van der Waals surface area contributed by atoms with E-state index in [9.17, 15) is 0 Å². The van der Waals surface area contributed by atoms with Crippen molar-refractivity contribution in [2.24, 2.45) is 0 Å². The third kappa shape index (κ3) is 2.40. The minimum absolute atomic E-state index is 0.370. The van der Waals surface area contributed by atoms with E-state index < -0.39 is 0 Å². The minimum atomic E-state index is 0.370. The number of anilines is 2. The molecule has 4 nitrogen and oxygen atoms in total. The third-order valence-electron chi connectivity index (χ3n) is 2.45. The van der Waals surface area contributed by atoms with E-state index in [4.69, 9.17) is 5.26 Å². The van der Waals surface area contributed by atoms with E-state index in [2.05, 4.69) is 9.97 Å². The molecule has 0 amide bonds. The number of aryl methyl sites for hydroxylation is 1. The van der Waals surface area contributed by atoms with Crippen LogP contribution in [0.25, 0.3) is 0 Å². The average Bonchev–Trinajstić information content (AvgIpc) is 2.38. The topological polar surface area (TPSA) is 52.8 Å². The summed E-state index contributed by atoms with van der Waals surface area (Å²) in [7, 11) is 1.88. The Bertz CT molecular complexity index is 572. The molecule has 84 valence electrons. The molecule has 0 aliphatic rings. The first-order chi connectivity index (χ1) is 8.20. The van der Waals surface area contributed by atoms with Crippen molar-refractivity contribution in [3.63, 3.8) is 0 Å². The predicted molar refractivity (Wildman–Crippen MR) is 66.0 cm³/mol. The maximum absolute atomic E-state index is 8.80. The molecule has 0 saturated heterocycles. The van der Waals surface area contributed by atoms with Crippen LogP contribution in [-0.2, 0) is 0 Å². The van der Waals surface area contributed by atoms with E-state index in [1.165, 1.54) is 5.56 Å². The zero-order chi connectivity index (χ0) is 12.3. The van der Waals surface area contributed by atoms with Crippen LogP contribution in [0, 0.1) is 18.3 Å². The normalized spacial score (nSPS) is 9.71. The van der Waals surface area contributed by atoms with Gasteiger partial charge in [-0.15, -0.1) is 0 Å². The van der Waals surface area contributed by atoms with Crippen LogP contribution >= 0.6 is 0 Å². The highest BCUT2D eigenvalue weighted by atomic mass is 15.2. The van der Waals surface area contributed by atoms with Crippen molar-refractivity contribution in [2.75, 3.05) is 11.9 Å². The molecule has 0 fully saturated rings. The Kier molecular flexibility index (Phi) is 3.01. The molecule has 4 heteroatoms. The standard InChI is InChI=1S/C13H12N4/c1-10-4-3-5-12(8-10)17(2)13-15-7-6-11(9-14)16-13/h3-8H,1-2H3. The molecule has 0 bridgehead atoms. The van der Waals surface area contributed by atoms with Crippen molar-refractivity contribution < 1.29 is 0 Å². The Morgan fingerprint density at radius 2 is 2.12 bits per heavy atom. The molecule has 0 N–H and O–H groups in total. The maximum atomic E-state index is 8.80. The molecule has 0 saturated carbocycles. The second-order valence-corrected chi connectivity index (χ2v) is 3.75. The molecule has 0 spiro atoms. The summed E-state index contributed by atoms with van der Waals surface area (Å²) >= 11 is 0. The van der Waals surface area contributed by atoms with E-state index in [1.807, 2.05) is 49.2 Å². The number of hydrogen-bond donors (Lipinski definition) is 0. The number of aromatic nitrogens is 2. The second-order valence-electron chi connectivity index (χ2n) is 3.75. The van der Waals surface area contributed by atoms with Crippen molar-refractivity contribution in [1.29, 1.82) is 5.26 Å². The summed E-state index contributed by atoms with van der Waals surface area (Å²) in [6.07, 6.45) is 1.59. The minimum Gasteiger partial charge on any atom is -0.314 e. The fourth-order valence-electron chi connectivity index (χ4n) is 1.52. The lowest BCUT2D eigenvalue weighted by atomic mass is 10.2. The Morgan fingerprint density at radius 1 is 1.29 bits per heavy atom. The zero-order valence-corrected chi connectivity index (χ0v) is 9.75. The summed E-state index contributed by atoms with van der Waals surface area (Å²) in [5, 5.41) is 8.80. The van der Waals surface area contributed by atoms with Crippen LogP contribution in [-0.4, -0.2) is 17.0 Å². The molecule has 0 atom stereocenters. The van der Waals surface area contributed by atoms with Gasteiger partial charge in [-0.1, -0.05) is 12.1 Å². The summed E-state index contributed by atoms with van der Waals surface area (Å²) < 4.78 is 0. The second kappa shape index (κ2) is 4.62. The maximum Gasteiger partial charge on any atom is 0.230 e. The van der Waals surface area contributed by atoms with Gasteiger partial charge >= 0.3 is 0 Å². The summed E-state index contributed by atoms with van der Waals surface area (Å²) in [6, 6.07) is 11.6. The smallest absolute Gasteiger partial charge is 0.230 e. The fraction of sp³-hybridized carbons (Fsp3) is 0.154. The monoisotopic (exact) mass is 224 g/mol. The quantitative estimate of drug-likeness (QED) is 0.786. The summed E-state index contributed by atoms with van der Waals surface area (Å²) in [5.74, 6) is 0.523. The predicted octanol–water partition coefficient (Wildman–Crippen LogP) is 2.42. The molecule has 0 aliphatic heterocycles. The molecule has 1 aromatic heterocycles. The lowest BCUT2D eigenvalue weighted by Gasteiger charge is -2.17. The van der Waals surface area contributed by atoms with Crippen molar-refractivity contribution in [3.05, 3.63) is 47.8 Å². The first-order valence-electron chi connectivity index (χ1n) is 5.24. The van der Waals surface area contributed by atoms with E-state index in [1.54, 1.807) is 12.3 Å². The third-order valence-corrected chi connectivity index (χ3v) is 2.45. The van der Waals surface area contributed by atoms with Crippen LogP contribution < -0.4 is 4.90 Å². The number of nitrogens with zero attached hydrogens (tertiary/aromatic N) is 4. The van der Waals surface area contributed by atoms with Gasteiger partial charge in [-0.25, -0.2) is 9.97 Å². The van der Waals surface area contributed by atoms with Crippen molar-refractivity contribution in [3.8, 4) is 6.07 Å². The molecule has 2 aromatic rings. The van der Waals surface area contributed by atoms with Gasteiger partial charge in [0.1, 0.15) is 11.8 Å². The Hall–Kier alpha value is -2.41.